The second-order valence-corrected chi connectivity index (χ2v) is 6.60. The third-order valence-corrected chi connectivity index (χ3v) is 4.87. The van der Waals surface area contributed by atoms with Crippen LogP contribution in [0.25, 0.3) is 0 Å². The lowest BCUT2D eigenvalue weighted by atomic mass is 10.0. The molecule has 0 aliphatic carbocycles. The van der Waals surface area contributed by atoms with Crippen LogP contribution < -0.4 is 15.5 Å². The van der Waals surface area contributed by atoms with Gasteiger partial charge in [0.1, 0.15) is 5.82 Å². The van der Waals surface area contributed by atoms with Gasteiger partial charge in [0, 0.05) is 24.5 Å². The molecule has 0 aromatic heterocycles. The monoisotopic (exact) mass is 361 g/mol. The van der Waals surface area contributed by atoms with Crippen molar-refractivity contribution in [2.75, 3.05) is 30.4 Å². The first-order valence-electron chi connectivity index (χ1n) is 8.35. The molecule has 1 fully saturated rings. The van der Waals surface area contributed by atoms with Gasteiger partial charge in [-0.15, -0.1) is 0 Å². The molecule has 0 unspecified atom stereocenters. The van der Waals surface area contributed by atoms with Crippen LogP contribution in [0.15, 0.2) is 42.5 Å². The van der Waals surface area contributed by atoms with Crippen LogP contribution >= 0.6 is 11.6 Å². The number of nitrogens with zero attached hydrogens (tertiary/aromatic N) is 1. The van der Waals surface area contributed by atoms with Gasteiger partial charge in [0.15, 0.2) is 0 Å². The molecular formula is C19H21ClFN3O. The quantitative estimate of drug-likeness (QED) is 0.867. The zero-order chi connectivity index (χ0) is 17.8. The van der Waals surface area contributed by atoms with E-state index in [4.69, 9.17) is 11.6 Å². The highest BCUT2D eigenvalue weighted by atomic mass is 35.5. The minimum absolute atomic E-state index is 0.0977. The van der Waals surface area contributed by atoms with Crippen molar-refractivity contribution >= 4 is 28.9 Å². The molecule has 132 valence electrons. The molecule has 2 aromatic carbocycles. The molecule has 6 heteroatoms. The van der Waals surface area contributed by atoms with E-state index >= 15 is 0 Å². The van der Waals surface area contributed by atoms with E-state index in [1.165, 1.54) is 18.2 Å². The van der Waals surface area contributed by atoms with E-state index in [2.05, 4.69) is 22.6 Å². The van der Waals surface area contributed by atoms with Gasteiger partial charge in [-0.1, -0.05) is 23.7 Å². The first-order valence-corrected chi connectivity index (χ1v) is 8.73. The van der Waals surface area contributed by atoms with Gasteiger partial charge in [0.2, 0.25) is 0 Å². The van der Waals surface area contributed by atoms with Crippen LogP contribution in [0.5, 0.6) is 0 Å². The number of nitrogens with one attached hydrogen (secondary N) is 2. The Kier molecular flexibility index (Phi) is 5.56. The Morgan fingerprint density at radius 2 is 1.96 bits per heavy atom. The van der Waals surface area contributed by atoms with Gasteiger partial charge in [0.25, 0.3) is 5.91 Å². The van der Waals surface area contributed by atoms with Crippen molar-refractivity contribution in [2.45, 2.75) is 18.9 Å². The fourth-order valence-electron chi connectivity index (χ4n) is 3.12. The number of hydrogen-bond acceptors (Lipinski definition) is 3. The largest absolute Gasteiger partial charge is 0.371 e. The van der Waals surface area contributed by atoms with Gasteiger partial charge in [-0.3, -0.25) is 4.79 Å². The first-order chi connectivity index (χ1) is 12.1. The molecule has 1 aliphatic heterocycles. The van der Waals surface area contributed by atoms with Crippen molar-refractivity contribution in [3.63, 3.8) is 0 Å². The van der Waals surface area contributed by atoms with E-state index in [0.29, 0.717) is 11.7 Å². The minimum Gasteiger partial charge on any atom is -0.371 e. The SMILES string of the molecule is CN(c1cccc(NC(=O)c2c(F)cccc2Cl)c1)C1CCNCC1. The van der Waals surface area contributed by atoms with Crippen molar-refractivity contribution in [1.29, 1.82) is 0 Å². The van der Waals surface area contributed by atoms with Crippen molar-refractivity contribution in [1.82, 2.24) is 5.32 Å². The minimum atomic E-state index is -0.632. The van der Waals surface area contributed by atoms with Crippen LogP contribution in [0.2, 0.25) is 5.02 Å². The lowest BCUT2D eigenvalue weighted by molar-refractivity contribution is 0.102. The summed E-state index contributed by atoms with van der Waals surface area (Å²) < 4.78 is 13.9. The van der Waals surface area contributed by atoms with Gasteiger partial charge >= 0.3 is 0 Å². The third kappa shape index (κ3) is 4.11. The first kappa shape index (κ1) is 17.7. The van der Waals surface area contributed by atoms with E-state index in [-0.39, 0.29) is 10.6 Å². The van der Waals surface area contributed by atoms with E-state index in [0.717, 1.165) is 31.6 Å². The van der Waals surface area contributed by atoms with Crippen LogP contribution in [0, 0.1) is 5.82 Å². The fourth-order valence-corrected chi connectivity index (χ4v) is 3.37. The van der Waals surface area contributed by atoms with Gasteiger partial charge in [-0.25, -0.2) is 4.39 Å². The molecule has 1 aliphatic rings. The Balaban J connectivity index is 1.76. The smallest absolute Gasteiger partial charge is 0.260 e. The molecule has 1 heterocycles. The molecule has 0 saturated carbocycles. The topological polar surface area (TPSA) is 44.4 Å². The summed E-state index contributed by atoms with van der Waals surface area (Å²) >= 11 is 5.96. The maximum atomic E-state index is 13.9. The number of rotatable bonds is 4. The van der Waals surface area contributed by atoms with Gasteiger partial charge < -0.3 is 15.5 Å². The molecule has 2 N–H and O–H groups in total. The van der Waals surface area contributed by atoms with Crippen molar-refractivity contribution < 1.29 is 9.18 Å². The maximum Gasteiger partial charge on any atom is 0.260 e. The summed E-state index contributed by atoms with van der Waals surface area (Å²) in [5.74, 6) is -1.18. The zero-order valence-corrected chi connectivity index (χ0v) is 14.8. The number of benzene rings is 2. The Labute approximate surface area is 152 Å². The summed E-state index contributed by atoms with van der Waals surface area (Å²) in [6.07, 6.45) is 2.16. The average molecular weight is 362 g/mol. The molecular weight excluding hydrogens is 341 g/mol. The van der Waals surface area contributed by atoms with Crippen LogP contribution in [0.4, 0.5) is 15.8 Å². The number of halogens is 2. The molecule has 0 bridgehead atoms. The summed E-state index contributed by atoms with van der Waals surface area (Å²) in [6.45, 7) is 2.02. The van der Waals surface area contributed by atoms with E-state index in [1.54, 1.807) is 6.07 Å². The highest BCUT2D eigenvalue weighted by Gasteiger charge is 2.19. The summed E-state index contributed by atoms with van der Waals surface area (Å²) in [4.78, 5) is 14.6. The predicted octanol–water partition coefficient (Wildman–Crippen LogP) is 3.92. The van der Waals surface area contributed by atoms with Gasteiger partial charge in [-0.2, -0.15) is 0 Å². The lowest BCUT2D eigenvalue weighted by Crippen LogP contribution is -2.41. The molecule has 0 radical (unpaired) electrons. The van der Waals surface area contributed by atoms with E-state index in [9.17, 15) is 9.18 Å². The van der Waals surface area contributed by atoms with Crippen LogP contribution in [0.3, 0.4) is 0 Å². The normalized spacial score (nSPS) is 15.0. The number of carbonyl (C=O) groups is 1. The average Bonchev–Trinajstić information content (AvgIpc) is 2.62. The molecule has 0 spiro atoms. The molecule has 2 aromatic rings. The Morgan fingerprint density at radius 3 is 2.68 bits per heavy atom. The van der Waals surface area contributed by atoms with Crippen LogP contribution in [-0.4, -0.2) is 32.1 Å². The van der Waals surface area contributed by atoms with Crippen molar-refractivity contribution in [2.24, 2.45) is 0 Å². The van der Waals surface area contributed by atoms with Crippen LogP contribution in [-0.2, 0) is 0 Å². The van der Waals surface area contributed by atoms with Gasteiger partial charge in [0.05, 0.1) is 10.6 Å². The second kappa shape index (κ2) is 7.85. The number of amides is 1. The van der Waals surface area contributed by atoms with E-state index in [1.807, 2.05) is 18.2 Å². The molecule has 1 saturated heterocycles. The highest BCUT2D eigenvalue weighted by Crippen LogP contribution is 2.25. The number of carbonyl (C=O) groups excluding carboxylic acids is 1. The number of hydrogen-bond donors (Lipinski definition) is 2. The Morgan fingerprint density at radius 1 is 1.24 bits per heavy atom. The molecule has 4 nitrogen and oxygen atoms in total. The summed E-state index contributed by atoms with van der Waals surface area (Å²) in [7, 11) is 2.06. The second-order valence-electron chi connectivity index (χ2n) is 6.19. The van der Waals surface area contributed by atoms with Gasteiger partial charge in [-0.05, 0) is 56.3 Å². The molecule has 3 rings (SSSR count). The molecule has 0 atom stereocenters. The number of anilines is 2. The standard InChI is InChI=1S/C19H21ClFN3O/c1-24(14-8-10-22-11-9-14)15-5-2-4-13(12-15)23-19(25)18-16(20)6-3-7-17(18)21/h2-7,12,14,22H,8-11H2,1H3,(H,23,25). The Bertz CT molecular complexity index is 742. The number of piperidine rings is 1. The fraction of sp³-hybridized carbons (Fsp3) is 0.316. The maximum absolute atomic E-state index is 13.9. The lowest BCUT2D eigenvalue weighted by Gasteiger charge is -2.33. The van der Waals surface area contributed by atoms with E-state index < -0.39 is 11.7 Å². The molecule has 25 heavy (non-hydrogen) atoms. The van der Waals surface area contributed by atoms with Crippen molar-refractivity contribution in [3.8, 4) is 0 Å². The summed E-state index contributed by atoms with van der Waals surface area (Å²) in [5.41, 5.74) is 1.49. The third-order valence-electron chi connectivity index (χ3n) is 4.56. The summed E-state index contributed by atoms with van der Waals surface area (Å²) in [5, 5.41) is 6.19. The predicted molar refractivity (Wildman–Crippen MR) is 100 cm³/mol. The zero-order valence-electron chi connectivity index (χ0n) is 14.1. The highest BCUT2D eigenvalue weighted by molar-refractivity contribution is 6.34. The Hall–Kier alpha value is -2.11. The molecule has 1 amide bonds. The summed E-state index contributed by atoms with van der Waals surface area (Å²) in [6, 6.07) is 12.2. The van der Waals surface area contributed by atoms with Crippen LogP contribution in [0.1, 0.15) is 23.2 Å². The van der Waals surface area contributed by atoms with Crippen molar-refractivity contribution in [3.05, 3.63) is 58.9 Å².